The van der Waals surface area contributed by atoms with Crippen molar-refractivity contribution in [3.63, 3.8) is 0 Å². The zero-order valence-corrected chi connectivity index (χ0v) is 55.5. The highest BCUT2D eigenvalue weighted by Crippen LogP contribution is 2.18. The number of carbonyl (C=O) groups excluding carboxylic acids is 3. The lowest BCUT2D eigenvalue weighted by Gasteiger charge is -2.18. The molecule has 83 heavy (non-hydrogen) atoms. The Hall–Kier alpha value is -3.15. The van der Waals surface area contributed by atoms with Crippen LogP contribution in [0, 0.1) is 0 Å². The molecular weight excluding hydrogens is 1020 g/mol. The van der Waals surface area contributed by atoms with Gasteiger partial charge in [-0.1, -0.05) is 344 Å². The largest absolute Gasteiger partial charge is 0.462 e. The molecule has 1 unspecified atom stereocenters. The Balaban J connectivity index is 4.17. The molecule has 0 aromatic carbocycles. The molecule has 0 aliphatic heterocycles. The molecule has 0 N–H and O–H groups in total. The fourth-order valence-corrected chi connectivity index (χ4v) is 10.8. The number of carbonyl (C=O) groups is 3. The SMILES string of the molecule is CC/C=C\C/C=C\C/C=C\C/C=C\CCCCCCCCCCCCCCCCCCC(=O)OCC(COC(=O)CCCCCCCCCCCCC)OC(=O)CCCCCCCCCCCCCCC/C=C\C/C=C\CCCCCCC. The van der Waals surface area contributed by atoms with Crippen molar-refractivity contribution in [1.82, 2.24) is 0 Å². The fraction of sp³-hybridized carbons (Fsp3) is 0.805. The van der Waals surface area contributed by atoms with Gasteiger partial charge in [0.2, 0.25) is 0 Å². The van der Waals surface area contributed by atoms with E-state index in [1.807, 2.05) is 0 Å². The summed E-state index contributed by atoms with van der Waals surface area (Å²) < 4.78 is 17.0. The van der Waals surface area contributed by atoms with E-state index < -0.39 is 6.10 Å². The van der Waals surface area contributed by atoms with Crippen LogP contribution in [-0.2, 0) is 28.6 Å². The molecule has 1 atom stereocenters. The highest BCUT2D eigenvalue weighted by Gasteiger charge is 2.19. The van der Waals surface area contributed by atoms with Crippen LogP contribution in [0.25, 0.3) is 0 Å². The van der Waals surface area contributed by atoms with Crippen molar-refractivity contribution in [3.05, 3.63) is 72.9 Å². The van der Waals surface area contributed by atoms with Gasteiger partial charge in [-0.25, -0.2) is 0 Å². The molecule has 0 spiro atoms. The highest BCUT2D eigenvalue weighted by atomic mass is 16.6. The van der Waals surface area contributed by atoms with E-state index in [2.05, 4.69) is 93.7 Å². The first-order valence-electron chi connectivity index (χ1n) is 36.4. The first kappa shape index (κ1) is 79.8. The third-order valence-electron chi connectivity index (χ3n) is 16.2. The summed E-state index contributed by atoms with van der Waals surface area (Å²) in [6.07, 6.45) is 93.7. The van der Waals surface area contributed by atoms with Crippen LogP contribution >= 0.6 is 0 Å². The zero-order valence-electron chi connectivity index (χ0n) is 55.5. The van der Waals surface area contributed by atoms with E-state index in [9.17, 15) is 14.4 Å². The lowest BCUT2D eigenvalue weighted by molar-refractivity contribution is -0.167. The van der Waals surface area contributed by atoms with Gasteiger partial charge in [0.05, 0.1) is 0 Å². The number of unbranched alkanes of at least 4 members (excludes halogenated alkanes) is 44. The lowest BCUT2D eigenvalue weighted by Crippen LogP contribution is -2.30. The lowest BCUT2D eigenvalue weighted by atomic mass is 10.0. The predicted molar refractivity (Wildman–Crippen MR) is 362 cm³/mol. The molecule has 0 aliphatic rings. The van der Waals surface area contributed by atoms with Crippen molar-refractivity contribution < 1.29 is 28.6 Å². The average Bonchev–Trinajstić information content (AvgIpc) is 3.48. The van der Waals surface area contributed by atoms with Crippen LogP contribution in [0.5, 0.6) is 0 Å². The molecular formula is C77H138O6. The highest BCUT2D eigenvalue weighted by molar-refractivity contribution is 5.71. The molecule has 0 fully saturated rings. The van der Waals surface area contributed by atoms with Gasteiger partial charge in [-0.15, -0.1) is 0 Å². The van der Waals surface area contributed by atoms with Crippen molar-refractivity contribution in [2.24, 2.45) is 0 Å². The molecule has 0 aromatic rings. The van der Waals surface area contributed by atoms with Crippen LogP contribution in [0.3, 0.4) is 0 Å². The van der Waals surface area contributed by atoms with E-state index >= 15 is 0 Å². The summed E-state index contributed by atoms with van der Waals surface area (Å²) in [5, 5.41) is 0. The molecule has 0 heterocycles. The van der Waals surface area contributed by atoms with Crippen LogP contribution < -0.4 is 0 Å². The van der Waals surface area contributed by atoms with Crippen molar-refractivity contribution >= 4 is 17.9 Å². The number of hydrogen-bond donors (Lipinski definition) is 0. The number of esters is 3. The van der Waals surface area contributed by atoms with Crippen LogP contribution in [0.15, 0.2) is 72.9 Å². The van der Waals surface area contributed by atoms with E-state index in [0.29, 0.717) is 19.3 Å². The molecule has 0 saturated heterocycles. The third kappa shape index (κ3) is 69.5. The molecule has 0 radical (unpaired) electrons. The second-order valence-electron chi connectivity index (χ2n) is 24.5. The molecule has 6 nitrogen and oxygen atoms in total. The maximum Gasteiger partial charge on any atom is 0.306 e. The zero-order chi connectivity index (χ0) is 59.9. The van der Waals surface area contributed by atoms with Crippen molar-refractivity contribution in [1.29, 1.82) is 0 Å². The molecule has 0 aliphatic carbocycles. The average molecular weight is 1160 g/mol. The summed E-state index contributed by atoms with van der Waals surface area (Å²) in [4.78, 5) is 38.4. The van der Waals surface area contributed by atoms with Crippen LogP contribution in [-0.4, -0.2) is 37.2 Å². The summed E-state index contributed by atoms with van der Waals surface area (Å²) in [5.74, 6) is -0.847. The van der Waals surface area contributed by atoms with Crippen LogP contribution in [0.4, 0.5) is 0 Å². The van der Waals surface area contributed by atoms with Gasteiger partial charge in [0.1, 0.15) is 13.2 Å². The summed E-state index contributed by atoms with van der Waals surface area (Å²) in [6, 6.07) is 0. The van der Waals surface area contributed by atoms with Crippen molar-refractivity contribution in [3.8, 4) is 0 Å². The van der Waals surface area contributed by atoms with Crippen molar-refractivity contribution in [2.75, 3.05) is 13.2 Å². The molecule has 0 bridgehead atoms. The van der Waals surface area contributed by atoms with Gasteiger partial charge in [-0.3, -0.25) is 14.4 Å². The second kappa shape index (κ2) is 71.3. The predicted octanol–water partition coefficient (Wildman–Crippen LogP) is 25.2. The molecule has 0 amide bonds. The van der Waals surface area contributed by atoms with Gasteiger partial charge in [0.25, 0.3) is 0 Å². The smallest absolute Gasteiger partial charge is 0.306 e. The Morgan fingerprint density at radius 3 is 0.735 bits per heavy atom. The molecule has 0 saturated carbocycles. The van der Waals surface area contributed by atoms with E-state index in [-0.39, 0.29) is 31.1 Å². The minimum Gasteiger partial charge on any atom is -0.462 e. The van der Waals surface area contributed by atoms with E-state index in [0.717, 1.165) is 89.9 Å². The van der Waals surface area contributed by atoms with Gasteiger partial charge >= 0.3 is 17.9 Å². The second-order valence-corrected chi connectivity index (χ2v) is 24.5. The number of rotatable bonds is 67. The Labute approximate surface area is 516 Å². The first-order chi connectivity index (χ1) is 41.0. The quantitative estimate of drug-likeness (QED) is 0.0261. The summed E-state index contributed by atoms with van der Waals surface area (Å²) >= 11 is 0. The molecule has 0 rings (SSSR count). The normalized spacial score (nSPS) is 12.5. The topological polar surface area (TPSA) is 78.9 Å². The van der Waals surface area contributed by atoms with Gasteiger partial charge in [-0.2, -0.15) is 0 Å². The maximum absolute atomic E-state index is 13.0. The number of ether oxygens (including phenoxy) is 3. The summed E-state index contributed by atoms with van der Waals surface area (Å²) in [7, 11) is 0. The number of hydrogen-bond acceptors (Lipinski definition) is 6. The Bertz CT molecular complexity index is 1520. The Morgan fingerprint density at radius 1 is 0.253 bits per heavy atom. The van der Waals surface area contributed by atoms with Crippen LogP contribution in [0.2, 0.25) is 0 Å². The fourth-order valence-electron chi connectivity index (χ4n) is 10.8. The van der Waals surface area contributed by atoms with E-state index in [1.54, 1.807) is 0 Å². The Morgan fingerprint density at radius 2 is 0.470 bits per heavy atom. The molecule has 0 aromatic heterocycles. The van der Waals surface area contributed by atoms with E-state index in [4.69, 9.17) is 14.2 Å². The summed E-state index contributed by atoms with van der Waals surface area (Å²) in [6.45, 7) is 6.57. The van der Waals surface area contributed by atoms with Gasteiger partial charge < -0.3 is 14.2 Å². The van der Waals surface area contributed by atoms with E-state index in [1.165, 1.54) is 250 Å². The monoisotopic (exact) mass is 1160 g/mol. The van der Waals surface area contributed by atoms with Crippen LogP contribution in [0.1, 0.15) is 380 Å². The minimum atomic E-state index is -0.773. The first-order valence-corrected chi connectivity index (χ1v) is 36.4. The molecule has 6 heteroatoms. The third-order valence-corrected chi connectivity index (χ3v) is 16.2. The van der Waals surface area contributed by atoms with Gasteiger partial charge in [0.15, 0.2) is 6.10 Å². The standard InChI is InChI=1S/C77H138O6/c1-4-7-10-13-16-19-22-24-26-28-30-32-34-36-37-38-39-41-42-44-46-48-50-52-55-58-61-64-67-70-76(79)82-73-74(72-81-75(78)69-66-63-60-57-54-21-18-15-12-9-6-3)83-77(80)71-68-65-62-59-56-53-51-49-47-45-43-40-35-33-31-29-27-25-23-20-17-14-11-8-5-2/h7,10,16,19,23-26,29-32,74H,4-6,8-9,11-15,17-18,20-22,27-28,33-73H2,1-3H3/b10-7-,19-16-,25-23-,26-24-,31-29-,32-30-. The maximum atomic E-state index is 13.0. The molecule has 482 valence electrons. The van der Waals surface area contributed by atoms with Crippen molar-refractivity contribution in [2.45, 2.75) is 386 Å². The Kier molecular flexibility index (Phi) is 68.6. The number of allylic oxidation sites excluding steroid dienone is 12. The van der Waals surface area contributed by atoms with Gasteiger partial charge in [0, 0.05) is 19.3 Å². The minimum absolute atomic E-state index is 0.0697. The summed E-state index contributed by atoms with van der Waals surface area (Å²) in [5.41, 5.74) is 0. The van der Waals surface area contributed by atoms with Gasteiger partial charge in [-0.05, 0) is 89.9 Å².